The Morgan fingerprint density at radius 2 is 2.05 bits per heavy atom. The number of carbonyl (C=O) groups excluding carboxylic acids is 1. The van der Waals surface area contributed by atoms with Crippen LogP contribution in [0.2, 0.25) is 0 Å². The number of hydrogen-bond donors (Lipinski definition) is 2. The van der Waals surface area contributed by atoms with Crippen molar-refractivity contribution in [1.29, 1.82) is 0 Å². The summed E-state index contributed by atoms with van der Waals surface area (Å²) in [4.78, 5) is 12.1. The molecule has 0 aliphatic carbocycles. The van der Waals surface area contributed by atoms with Crippen molar-refractivity contribution in [2.45, 2.75) is 104 Å². The molecular weight excluding hydrogens is 480 g/mol. The lowest BCUT2D eigenvalue weighted by molar-refractivity contribution is -0.334. The topological polar surface area (TPSA) is 85.2 Å². The molecule has 1 aromatic rings. The first-order valence-corrected chi connectivity index (χ1v) is 14.2. The van der Waals surface area contributed by atoms with Crippen LogP contribution in [0.25, 0.3) is 5.57 Å². The summed E-state index contributed by atoms with van der Waals surface area (Å²) in [5, 5.41) is 20.7. The van der Waals surface area contributed by atoms with E-state index in [1.807, 2.05) is 12.2 Å². The first kappa shape index (κ1) is 28.6. The van der Waals surface area contributed by atoms with Gasteiger partial charge in [0.25, 0.3) is 0 Å². The number of carbonyl (C=O) groups is 1. The van der Waals surface area contributed by atoms with E-state index < -0.39 is 11.9 Å². The molecule has 6 nitrogen and oxygen atoms in total. The number of fused-ring (bicyclic) bond motifs is 1. The number of hydrogen-bond acceptors (Lipinski definition) is 6. The summed E-state index contributed by atoms with van der Waals surface area (Å²) in [6, 6.07) is 3.33. The van der Waals surface area contributed by atoms with Crippen LogP contribution < -0.4 is 0 Å². The molecule has 1 aromatic carbocycles. The summed E-state index contributed by atoms with van der Waals surface area (Å²) in [6.07, 6.45) is 13.9. The molecule has 1 spiro atoms. The largest absolute Gasteiger partial charge is 0.508 e. The van der Waals surface area contributed by atoms with Gasteiger partial charge in [0, 0.05) is 19.3 Å². The number of cyclic esters (lactones) is 1. The van der Waals surface area contributed by atoms with Crippen LogP contribution in [0.5, 0.6) is 5.75 Å². The maximum atomic E-state index is 12.1. The standard InChI is InChI=1S/C32H44O6/c1-6-30-22(4)12-13-32(38-30)18-25(33)16-26(37-32)11-10-21(3)14-20(2)8-7-9-24-19-36-31(35)28-15-23(5)29(34)17-27(24)28/h7-10,15,17,20,22,25-26,30,33-34H,6,11-14,16,18-19H2,1-5H3/b8-7+,21-10+,24-9+/t20-,22-,25-,26+,30+,32+/m0/s1. The third kappa shape index (κ3) is 6.77. The van der Waals surface area contributed by atoms with Crippen LogP contribution in [0.4, 0.5) is 0 Å². The van der Waals surface area contributed by atoms with E-state index in [1.165, 1.54) is 5.57 Å². The summed E-state index contributed by atoms with van der Waals surface area (Å²) in [5.74, 6) is 0.0322. The molecule has 3 heterocycles. The van der Waals surface area contributed by atoms with Gasteiger partial charge in [-0.1, -0.05) is 50.6 Å². The van der Waals surface area contributed by atoms with E-state index >= 15 is 0 Å². The van der Waals surface area contributed by atoms with E-state index in [0.29, 0.717) is 35.8 Å². The summed E-state index contributed by atoms with van der Waals surface area (Å²) < 4.78 is 18.2. The molecule has 0 unspecified atom stereocenters. The molecule has 3 aliphatic rings. The first-order valence-electron chi connectivity index (χ1n) is 14.2. The zero-order valence-corrected chi connectivity index (χ0v) is 23.5. The van der Waals surface area contributed by atoms with Crippen LogP contribution >= 0.6 is 0 Å². The van der Waals surface area contributed by atoms with Crippen molar-refractivity contribution in [2.75, 3.05) is 6.61 Å². The van der Waals surface area contributed by atoms with Crippen molar-refractivity contribution < 1.29 is 29.2 Å². The Kier molecular flexibility index (Phi) is 9.17. The van der Waals surface area contributed by atoms with Gasteiger partial charge >= 0.3 is 5.97 Å². The normalized spacial score (nSPS) is 32.0. The smallest absolute Gasteiger partial charge is 0.339 e. The van der Waals surface area contributed by atoms with Crippen LogP contribution in [0.1, 0.15) is 94.1 Å². The summed E-state index contributed by atoms with van der Waals surface area (Å²) in [5.41, 5.74) is 4.04. The highest BCUT2D eigenvalue weighted by molar-refractivity contribution is 5.99. The van der Waals surface area contributed by atoms with Crippen molar-refractivity contribution in [2.24, 2.45) is 11.8 Å². The monoisotopic (exact) mass is 524 g/mol. The molecule has 6 heteroatoms. The number of aromatic hydroxyl groups is 1. The molecule has 0 bridgehead atoms. The Morgan fingerprint density at radius 3 is 2.82 bits per heavy atom. The minimum absolute atomic E-state index is 0.0377. The minimum atomic E-state index is -0.637. The van der Waals surface area contributed by atoms with Gasteiger partial charge in [0.1, 0.15) is 12.4 Å². The number of phenolic OH excluding ortho intramolecular Hbond substituents is 1. The number of esters is 1. The van der Waals surface area contributed by atoms with Crippen molar-refractivity contribution in [3.63, 3.8) is 0 Å². The van der Waals surface area contributed by atoms with Gasteiger partial charge in [-0.3, -0.25) is 0 Å². The number of aliphatic hydroxyl groups is 1. The molecule has 4 rings (SSSR count). The third-order valence-corrected chi connectivity index (χ3v) is 8.22. The lowest BCUT2D eigenvalue weighted by Gasteiger charge is -2.49. The molecule has 208 valence electrons. The van der Waals surface area contributed by atoms with E-state index in [2.05, 4.69) is 39.8 Å². The number of benzene rings is 1. The number of rotatable bonds is 7. The van der Waals surface area contributed by atoms with Crippen LogP contribution in [-0.4, -0.2) is 46.9 Å². The maximum absolute atomic E-state index is 12.1. The van der Waals surface area contributed by atoms with Crippen LogP contribution in [0, 0.1) is 18.8 Å². The van der Waals surface area contributed by atoms with Crippen molar-refractivity contribution in [3.8, 4) is 5.75 Å². The van der Waals surface area contributed by atoms with Crippen LogP contribution in [-0.2, 0) is 14.2 Å². The van der Waals surface area contributed by atoms with E-state index in [4.69, 9.17) is 14.2 Å². The van der Waals surface area contributed by atoms with Gasteiger partial charge < -0.3 is 24.4 Å². The number of aliphatic hydroxyl groups excluding tert-OH is 1. The molecule has 0 aromatic heterocycles. The molecule has 2 saturated heterocycles. The average Bonchev–Trinajstić information content (AvgIpc) is 2.86. The predicted molar refractivity (Wildman–Crippen MR) is 149 cm³/mol. The molecule has 0 amide bonds. The Labute approximate surface area is 227 Å². The van der Waals surface area contributed by atoms with Gasteiger partial charge in [0.2, 0.25) is 0 Å². The molecule has 6 atom stereocenters. The van der Waals surface area contributed by atoms with Gasteiger partial charge in [-0.15, -0.1) is 0 Å². The predicted octanol–water partition coefficient (Wildman–Crippen LogP) is 6.63. The molecular formula is C32H44O6. The highest BCUT2D eigenvalue weighted by Gasteiger charge is 2.46. The minimum Gasteiger partial charge on any atom is -0.508 e. The van der Waals surface area contributed by atoms with Crippen molar-refractivity contribution >= 4 is 11.5 Å². The Hall–Kier alpha value is -2.41. The quantitative estimate of drug-likeness (QED) is 0.307. The number of phenols is 1. The molecule has 2 fully saturated rings. The lowest BCUT2D eigenvalue weighted by Crippen LogP contribution is -2.53. The summed E-state index contributed by atoms with van der Waals surface area (Å²) in [6.45, 7) is 10.7. The van der Waals surface area contributed by atoms with Gasteiger partial charge in [0.05, 0.1) is 23.9 Å². The Balaban J connectivity index is 1.33. The third-order valence-electron chi connectivity index (χ3n) is 8.22. The van der Waals surface area contributed by atoms with Gasteiger partial charge in [0.15, 0.2) is 5.79 Å². The second-order valence-electron chi connectivity index (χ2n) is 11.6. The lowest BCUT2D eigenvalue weighted by atomic mass is 9.85. The average molecular weight is 525 g/mol. The number of allylic oxidation sites excluding steroid dienone is 4. The highest BCUT2D eigenvalue weighted by atomic mass is 16.7. The molecule has 3 aliphatic heterocycles. The number of ether oxygens (including phenoxy) is 3. The van der Waals surface area contributed by atoms with Crippen LogP contribution in [0.15, 0.2) is 42.0 Å². The van der Waals surface area contributed by atoms with E-state index in [-0.39, 0.29) is 30.5 Å². The van der Waals surface area contributed by atoms with E-state index in [9.17, 15) is 15.0 Å². The molecule has 38 heavy (non-hydrogen) atoms. The van der Waals surface area contributed by atoms with Gasteiger partial charge in [-0.05, 0) is 80.2 Å². The highest BCUT2D eigenvalue weighted by Crippen LogP contribution is 2.42. The van der Waals surface area contributed by atoms with Crippen molar-refractivity contribution in [3.05, 3.63) is 58.7 Å². The molecule has 2 N–H and O–H groups in total. The second-order valence-corrected chi connectivity index (χ2v) is 11.6. The first-order chi connectivity index (χ1) is 18.1. The fraction of sp³-hybridized carbons (Fsp3) is 0.594. The summed E-state index contributed by atoms with van der Waals surface area (Å²) >= 11 is 0. The van der Waals surface area contributed by atoms with Gasteiger partial charge in [-0.2, -0.15) is 0 Å². The maximum Gasteiger partial charge on any atom is 0.339 e. The van der Waals surface area contributed by atoms with Gasteiger partial charge in [-0.25, -0.2) is 4.79 Å². The summed E-state index contributed by atoms with van der Waals surface area (Å²) in [7, 11) is 0. The fourth-order valence-electron chi connectivity index (χ4n) is 6.02. The molecule has 0 saturated carbocycles. The number of aryl methyl sites for hydroxylation is 1. The zero-order valence-electron chi connectivity index (χ0n) is 23.5. The fourth-order valence-corrected chi connectivity index (χ4v) is 6.02. The Bertz CT molecular complexity index is 1100. The van der Waals surface area contributed by atoms with E-state index in [1.54, 1.807) is 19.1 Å². The van der Waals surface area contributed by atoms with Crippen molar-refractivity contribution in [1.82, 2.24) is 0 Å². The SMILES string of the molecule is CC[C@H]1O[C@]2(CC[C@@H]1C)C[C@@H](O)C[C@@H](C/C=C(\C)C[C@@H](C)/C=C/C=C1\COC(=O)c3cc(C)c(O)cc31)O2. The zero-order chi connectivity index (χ0) is 27.4. The van der Waals surface area contributed by atoms with Crippen LogP contribution in [0.3, 0.4) is 0 Å². The Morgan fingerprint density at radius 1 is 1.26 bits per heavy atom. The second kappa shape index (κ2) is 12.2. The molecule has 0 radical (unpaired) electrons. The van der Waals surface area contributed by atoms with E-state index in [0.717, 1.165) is 43.2 Å².